The van der Waals surface area contributed by atoms with Crippen LogP contribution in [0.5, 0.6) is 0 Å². The highest BCUT2D eigenvalue weighted by Gasteiger charge is 2.19. The molecule has 4 heteroatoms. The molecule has 104 valence electrons. The van der Waals surface area contributed by atoms with E-state index in [-0.39, 0.29) is 12.4 Å². The second-order valence-electron chi connectivity index (χ2n) is 4.26. The van der Waals surface area contributed by atoms with Gasteiger partial charge in [0.15, 0.2) is 0 Å². The molecule has 0 saturated carbocycles. The van der Waals surface area contributed by atoms with Crippen LogP contribution in [-0.2, 0) is 14.3 Å². The molecule has 1 unspecified atom stereocenters. The number of aryl methyl sites for hydroxylation is 1. The van der Waals surface area contributed by atoms with Crippen molar-refractivity contribution in [3.05, 3.63) is 35.4 Å². The lowest BCUT2D eigenvalue weighted by molar-refractivity contribution is -0.145. The average Bonchev–Trinajstić information content (AvgIpc) is 2.38. The van der Waals surface area contributed by atoms with Crippen molar-refractivity contribution in [2.45, 2.75) is 39.7 Å². The summed E-state index contributed by atoms with van der Waals surface area (Å²) >= 11 is 0. The molecule has 19 heavy (non-hydrogen) atoms. The third-order valence-corrected chi connectivity index (χ3v) is 2.79. The number of esters is 2. The number of carbonyl (C=O) groups is 2. The first kappa shape index (κ1) is 15.2. The molecule has 4 nitrogen and oxygen atoms in total. The molecule has 0 N–H and O–H groups in total. The lowest BCUT2D eigenvalue weighted by Gasteiger charge is -2.16. The molecule has 0 aliphatic heterocycles. The van der Waals surface area contributed by atoms with Gasteiger partial charge in [0.05, 0.1) is 18.6 Å². The molecule has 0 saturated heterocycles. The van der Waals surface area contributed by atoms with Crippen molar-refractivity contribution in [3.63, 3.8) is 0 Å². The minimum absolute atomic E-state index is 0.0992. The number of ether oxygens (including phenoxy) is 2. The van der Waals surface area contributed by atoms with Gasteiger partial charge in [-0.1, -0.05) is 25.1 Å². The van der Waals surface area contributed by atoms with Gasteiger partial charge in [-0.05, 0) is 31.9 Å². The highest BCUT2D eigenvalue weighted by Crippen LogP contribution is 2.13. The highest BCUT2D eigenvalue weighted by molar-refractivity contribution is 5.91. The second-order valence-corrected chi connectivity index (χ2v) is 4.26. The van der Waals surface area contributed by atoms with Gasteiger partial charge in [0, 0.05) is 0 Å². The first-order valence-corrected chi connectivity index (χ1v) is 6.50. The zero-order chi connectivity index (χ0) is 14.3. The third-order valence-electron chi connectivity index (χ3n) is 2.79. The van der Waals surface area contributed by atoms with Crippen LogP contribution < -0.4 is 0 Å². The summed E-state index contributed by atoms with van der Waals surface area (Å²) in [6, 6.07) is 7.22. The molecule has 0 bridgehead atoms. The monoisotopic (exact) mass is 264 g/mol. The van der Waals surface area contributed by atoms with Crippen LogP contribution in [0.2, 0.25) is 0 Å². The van der Waals surface area contributed by atoms with Crippen LogP contribution in [0.1, 0.15) is 42.6 Å². The molecule has 0 fully saturated rings. The fourth-order valence-electron chi connectivity index (χ4n) is 1.69. The minimum atomic E-state index is -0.439. The summed E-state index contributed by atoms with van der Waals surface area (Å²) in [6.45, 7) is 5.80. The second kappa shape index (κ2) is 7.56. The smallest absolute Gasteiger partial charge is 0.338 e. The Kier molecular flexibility index (Phi) is 6.06. The fraction of sp³-hybridized carbons (Fsp3) is 0.467. The van der Waals surface area contributed by atoms with Gasteiger partial charge < -0.3 is 9.47 Å². The van der Waals surface area contributed by atoms with Gasteiger partial charge in [0.2, 0.25) is 0 Å². The maximum absolute atomic E-state index is 12.0. The minimum Gasteiger partial charge on any atom is -0.466 e. The van der Waals surface area contributed by atoms with E-state index in [1.165, 1.54) is 0 Å². The van der Waals surface area contributed by atoms with Gasteiger partial charge in [0.1, 0.15) is 6.10 Å². The molecule has 0 spiro atoms. The van der Waals surface area contributed by atoms with E-state index in [9.17, 15) is 9.59 Å². The highest BCUT2D eigenvalue weighted by atomic mass is 16.6. The van der Waals surface area contributed by atoms with Crippen molar-refractivity contribution in [2.75, 3.05) is 6.61 Å². The first-order chi connectivity index (χ1) is 9.08. The lowest BCUT2D eigenvalue weighted by atomic mass is 10.1. The predicted molar refractivity (Wildman–Crippen MR) is 71.9 cm³/mol. The van der Waals surface area contributed by atoms with Crippen LogP contribution in [0, 0.1) is 6.92 Å². The first-order valence-electron chi connectivity index (χ1n) is 6.50. The molecule has 0 amide bonds. The maximum atomic E-state index is 12.0. The molecule has 0 aliphatic carbocycles. The van der Waals surface area contributed by atoms with Gasteiger partial charge in [-0.25, -0.2) is 4.79 Å². The lowest BCUT2D eigenvalue weighted by Crippen LogP contribution is -2.22. The summed E-state index contributed by atoms with van der Waals surface area (Å²) < 4.78 is 10.2. The van der Waals surface area contributed by atoms with Crippen LogP contribution in [0.25, 0.3) is 0 Å². The van der Waals surface area contributed by atoms with Crippen molar-refractivity contribution < 1.29 is 19.1 Å². The van der Waals surface area contributed by atoms with Crippen molar-refractivity contribution in [1.82, 2.24) is 0 Å². The molecule has 0 aromatic heterocycles. The molecular formula is C15H20O4. The van der Waals surface area contributed by atoms with Crippen LogP contribution in [0.4, 0.5) is 0 Å². The molecular weight excluding hydrogens is 244 g/mol. The van der Waals surface area contributed by atoms with Crippen molar-refractivity contribution in [3.8, 4) is 0 Å². The van der Waals surface area contributed by atoms with E-state index >= 15 is 0 Å². The van der Waals surface area contributed by atoms with Crippen molar-refractivity contribution in [1.29, 1.82) is 0 Å². The summed E-state index contributed by atoms with van der Waals surface area (Å²) in [6.07, 6.45) is 0.240. The fourth-order valence-corrected chi connectivity index (χ4v) is 1.69. The van der Waals surface area contributed by atoms with Crippen molar-refractivity contribution in [2.24, 2.45) is 0 Å². The molecule has 0 aliphatic rings. The summed E-state index contributed by atoms with van der Waals surface area (Å²) in [5.41, 5.74) is 1.39. The van der Waals surface area contributed by atoms with E-state index < -0.39 is 12.1 Å². The molecule has 1 aromatic rings. The zero-order valence-corrected chi connectivity index (χ0v) is 11.6. The summed E-state index contributed by atoms with van der Waals surface area (Å²) in [5, 5.41) is 0. The Hall–Kier alpha value is -1.84. The van der Waals surface area contributed by atoms with Crippen LogP contribution in [0.3, 0.4) is 0 Å². The third kappa shape index (κ3) is 4.73. The quantitative estimate of drug-likeness (QED) is 0.741. The van der Waals surface area contributed by atoms with Gasteiger partial charge in [-0.15, -0.1) is 0 Å². The van der Waals surface area contributed by atoms with Crippen LogP contribution in [0.15, 0.2) is 24.3 Å². The topological polar surface area (TPSA) is 52.6 Å². The standard InChI is InChI=1S/C15H20O4/c1-4-12(10-14(16)18-5-2)19-15(17)13-9-7-6-8-11(13)3/h6-9,12H,4-5,10H2,1-3H3. The van der Waals surface area contributed by atoms with Crippen LogP contribution >= 0.6 is 0 Å². The summed E-state index contributed by atoms with van der Waals surface area (Å²) in [5.74, 6) is -0.735. The molecule has 0 radical (unpaired) electrons. The Balaban J connectivity index is 2.63. The molecule has 1 aromatic carbocycles. The van der Waals surface area contributed by atoms with Gasteiger partial charge >= 0.3 is 11.9 Å². The number of carbonyl (C=O) groups excluding carboxylic acids is 2. The van der Waals surface area contributed by atoms with E-state index in [4.69, 9.17) is 9.47 Å². The van der Waals surface area contributed by atoms with E-state index in [0.29, 0.717) is 18.6 Å². The number of rotatable bonds is 6. The van der Waals surface area contributed by atoms with E-state index in [1.54, 1.807) is 19.1 Å². The van der Waals surface area contributed by atoms with Crippen molar-refractivity contribution >= 4 is 11.9 Å². The Bertz CT molecular complexity index is 440. The Morgan fingerprint density at radius 1 is 1.21 bits per heavy atom. The van der Waals surface area contributed by atoms with Gasteiger partial charge in [0.25, 0.3) is 0 Å². The molecule has 1 atom stereocenters. The molecule has 0 heterocycles. The van der Waals surface area contributed by atoms with E-state index in [2.05, 4.69) is 0 Å². The number of hydrogen-bond acceptors (Lipinski definition) is 4. The van der Waals surface area contributed by atoms with Gasteiger partial charge in [-0.3, -0.25) is 4.79 Å². The summed E-state index contributed by atoms with van der Waals surface area (Å²) in [4.78, 5) is 23.4. The van der Waals surface area contributed by atoms with Gasteiger partial charge in [-0.2, -0.15) is 0 Å². The number of benzene rings is 1. The van der Waals surface area contributed by atoms with Crippen LogP contribution in [-0.4, -0.2) is 24.6 Å². The predicted octanol–water partition coefficient (Wildman–Crippen LogP) is 2.88. The average molecular weight is 264 g/mol. The maximum Gasteiger partial charge on any atom is 0.338 e. The Morgan fingerprint density at radius 2 is 1.89 bits per heavy atom. The number of hydrogen-bond donors (Lipinski definition) is 0. The normalized spacial score (nSPS) is 11.7. The zero-order valence-electron chi connectivity index (χ0n) is 11.6. The van der Waals surface area contributed by atoms with E-state index in [1.807, 2.05) is 26.0 Å². The Labute approximate surface area is 113 Å². The SMILES string of the molecule is CCOC(=O)CC(CC)OC(=O)c1ccccc1C. The molecule has 1 rings (SSSR count). The largest absolute Gasteiger partial charge is 0.466 e. The van der Waals surface area contributed by atoms with E-state index in [0.717, 1.165) is 5.56 Å². The Morgan fingerprint density at radius 3 is 2.47 bits per heavy atom. The summed E-state index contributed by atoms with van der Waals surface area (Å²) in [7, 11) is 0.